The number of sulfonamides is 1. The number of rotatable bonds is 3. The summed E-state index contributed by atoms with van der Waals surface area (Å²) in [6, 6.07) is 2.77. The van der Waals surface area contributed by atoms with E-state index >= 15 is 0 Å². The summed E-state index contributed by atoms with van der Waals surface area (Å²) in [5, 5.41) is 7.89. The predicted octanol–water partition coefficient (Wildman–Crippen LogP) is 2.45. The predicted molar refractivity (Wildman–Crippen MR) is 84.3 cm³/mol. The maximum atomic E-state index is 14.3. The van der Waals surface area contributed by atoms with Crippen LogP contribution in [0.3, 0.4) is 0 Å². The molecule has 0 radical (unpaired) electrons. The third kappa shape index (κ3) is 2.23. The van der Waals surface area contributed by atoms with Gasteiger partial charge in [-0.3, -0.25) is 0 Å². The minimum absolute atomic E-state index is 0.0235. The maximum absolute atomic E-state index is 14.3. The summed E-state index contributed by atoms with van der Waals surface area (Å²) in [4.78, 5) is 2.72. The lowest BCUT2D eigenvalue weighted by molar-refractivity contribution is 0.475. The van der Waals surface area contributed by atoms with Crippen LogP contribution in [-0.2, 0) is 10.0 Å². The standard InChI is InChI=1S/C15H15FN4O3S/c1-9-6-11(16)14-10(13(9)15-19-17-8-23-15)7-12(18-14)24(21,22)20-4-2-3-5-20/h6-8,18H,2-5H2,1H3. The Balaban J connectivity index is 1.95. The number of aromatic nitrogens is 3. The van der Waals surface area contributed by atoms with Crippen LogP contribution in [0.5, 0.6) is 0 Å². The Morgan fingerprint density at radius 3 is 2.71 bits per heavy atom. The molecular formula is C15H15FN4O3S. The van der Waals surface area contributed by atoms with E-state index in [1.54, 1.807) is 6.92 Å². The molecule has 7 nitrogen and oxygen atoms in total. The van der Waals surface area contributed by atoms with Crippen molar-refractivity contribution in [2.45, 2.75) is 24.8 Å². The molecule has 0 spiro atoms. The van der Waals surface area contributed by atoms with Crippen molar-refractivity contribution < 1.29 is 17.2 Å². The zero-order valence-corrected chi connectivity index (χ0v) is 13.7. The third-order valence-electron chi connectivity index (χ3n) is 4.30. The summed E-state index contributed by atoms with van der Waals surface area (Å²) in [5.74, 6) is -0.296. The fourth-order valence-corrected chi connectivity index (χ4v) is 4.65. The van der Waals surface area contributed by atoms with Crippen molar-refractivity contribution >= 4 is 20.9 Å². The molecule has 3 heterocycles. The van der Waals surface area contributed by atoms with E-state index in [2.05, 4.69) is 15.2 Å². The maximum Gasteiger partial charge on any atom is 0.258 e. The van der Waals surface area contributed by atoms with Crippen LogP contribution in [0, 0.1) is 12.7 Å². The molecule has 2 aromatic heterocycles. The monoisotopic (exact) mass is 350 g/mol. The second kappa shape index (κ2) is 5.38. The van der Waals surface area contributed by atoms with E-state index in [1.807, 2.05) is 0 Å². The van der Waals surface area contributed by atoms with Crippen LogP contribution >= 0.6 is 0 Å². The van der Waals surface area contributed by atoms with Gasteiger partial charge in [0.15, 0.2) is 0 Å². The van der Waals surface area contributed by atoms with E-state index in [4.69, 9.17) is 4.42 Å². The lowest BCUT2D eigenvalue weighted by atomic mass is 10.0. The molecule has 4 rings (SSSR count). The molecule has 1 aliphatic heterocycles. The minimum atomic E-state index is -3.67. The number of halogens is 1. The first-order chi connectivity index (χ1) is 11.5. The van der Waals surface area contributed by atoms with E-state index in [0.717, 1.165) is 12.8 Å². The number of aryl methyl sites for hydroxylation is 1. The first kappa shape index (κ1) is 15.3. The van der Waals surface area contributed by atoms with Gasteiger partial charge in [0.05, 0.1) is 11.1 Å². The van der Waals surface area contributed by atoms with E-state index in [-0.39, 0.29) is 16.4 Å². The normalized spacial score (nSPS) is 16.2. The van der Waals surface area contributed by atoms with E-state index in [1.165, 1.54) is 22.8 Å². The highest BCUT2D eigenvalue weighted by atomic mass is 32.2. The van der Waals surface area contributed by atoms with E-state index < -0.39 is 15.8 Å². The Labute approximate surface area is 137 Å². The van der Waals surface area contributed by atoms with Gasteiger partial charge in [-0.2, -0.15) is 4.31 Å². The Kier molecular flexibility index (Phi) is 3.43. The van der Waals surface area contributed by atoms with Crippen LogP contribution in [0.4, 0.5) is 4.39 Å². The molecule has 1 N–H and O–H groups in total. The molecule has 24 heavy (non-hydrogen) atoms. The number of H-pyrrole nitrogens is 1. The van der Waals surface area contributed by atoms with Crippen molar-refractivity contribution in [3.8, 4) is 11.5 Å². The largest absolute Gasteiger partial charge is 0.423 e. The first-order valence-electron chi connectivity index (χ1n) is 7.57. The molecule has 0 atom stereocenters. The fraction of sp³-hybridized carbons (Fsp3) is 0.333. The number of nitrogens with zero attached hydrogens (tertiary/aromatic N) is 3. The van der Waals surface area contributed by atoms with Crippen LogP contribution in [0.1, 0.15) is 18.4 Å². The zero-order chi connectivity index (χ0) is 16.9. The van der Waals surface area contributed by atoms with Gasteiger partial charge in [-0.05, 0) is 37.5 Å². The highest BCUT2D eigenvalue weighted by molar-refractivity contribution is 7.89. The van der Waals surface area contributed by atoms with Gasteiger partial charge in [0, 0.05) is 18.5 Å². The lowest BCUT2D eigenvalue weighted by Crippen LogP contribution is -2.28. The molecule has 126 valence electrons. The van der Waals surface area contributed by atoms with Gasteiger partial charge >= 0.3 is 0 Å². The highest BCUT2D eigenvalue weighted by Crippen LogP contribution is 2.34. The molecule has 0 saturated carbocycles. The van der Waals surface area contributed by atoms with Gasteiger partial charge < -0.3 is 9.40 Å². The molecule has 0 bridgehead atoms. The van der Waals surface area contributed by atoms with Crippen molar-refractivity contribution in [2.24, 2.45) is 0 Å². The molecule has 3 aromatic rings. The Morgan fingerprint density at radius 1 is 1.29 bits per heavy atom. The topological polar surface area (TPSA) is 92.1 Å². The first-order valence-corrected chi connectivity index (χ1v) is 9.01. The third-order valence-corrected chi connectivity index (χ3v) is 6.12. The lowest BCUT2D eigenvalue weighted by Gasteiger charge is -2.13. The second-order valence-corrected chi connectivity index (χ2v) is 7.73. The van der Waals surface area contributed by atoms with Crippen molar-refractivity contribution in [1.29, 1.82) is 0 Å². The van der Waals surface area contributed by atoms with Gasteiger partial charge in [-0.25, -0.2) is 12.8 Å². The van der Waals surface area contributed by atoms with Crippen LogP contribution in [-0.4, -0.2) is 41.0 Å². The molecule has 1 fully saturated rings. The van der Waals surface area contributed by atoms with Gasteiger partial charge in [0.2, 0.25) is 12.3 Å². The summed E-state index contributed by atoms with van der Waals surface area (Å²) < 4.78 is 46.4. The van der Waals surface area contributed by atoms with Crippen molar-refractivity contribution in [1.82, 2.24) is 19.5 Å². The Bertz CT molecular complexity index is 1010. The molecule has 1 aliphatic rings. The van der Waals surface area contributed by atoms with Crippen LogP contribution in [0.25, 0.3) is 22.4 Å². The molecule has 1 saturated heterocycles. The Morgan fingerprint density at radius 2 is 2.04 bits per heavy atom. The van der Waals surface area contributed by atoms with Crippen molar-refractivity contribution in [3.05, 3.63) is 29.9 Å². The molecular weight excluding hydrogens is 335 g/mol. The molecule has 9 heteroatoms. The average Bonchev–Trinajstić information content (AvgIpc) is 3.29. The summed E-state index contributed by atoms with van der Waals surface area (Å²) in [6.45, 7) is 2.68. The summed E-state index contributed by atoms with van der Waals surface area (Å²) in [5.41, 5.74) is 1.24. The molecule has 0 amide bonds. The SMILES string of the molecule is Cc1cc(F)c2[nH]c(S(=O)(=O)N3CCCC3)cc2c1-c1nnco1. The summed E-state index contributed by atoms with van der Waals surface area (Å²) >= 11 is 0. The second-order valence-electron chi connectivity index (χ2n) is 5.83. The number of nitrogens with one attached hydrogen (secondary N) is 1. The highest BCUT2D eigenvalue weighted by Gasteiger charge is 2.30. The summed E-state index contributed by atoms with van der Waals surface area (Å²) in [6.07, 6.45) is 2.85. The van der Waals surface area contributed by atoms with Gasteiger partial charge in [0.25, 0.3) is 10.0 Å². The van der Waals surface area contributed by atoms with Gasteiger partial charge in [-0.1, -0.05) is 0 Å². The quantitative estimate of drug-likeness (QED) is 0.783. The summed E-state index contributed by atoms with van der Waals surface area (Å²) in [7, 11) is -3.67. The van der Waals surface area contributed by atoms with Crippen molar-refractivity contribution in [3.63, 3.8) is 0 Å². The number of aromatic amines is 1. The van der Waals surface area contributed by atoms with Crippen LogP contribution in [0.2, 0.25) is 0 Å². The number of fused-ring (bicyclic) bond motifs is 1. The van der Waals surface area contributed by atoms with Crippen LogP contribution in [0.15, 0.2) is 28.0 Å². The number of hydrogen-bond donors (Lipinski definition) is 1. The molecule has 0 aliphatic carbocycles. The smallest absolute Gasteiger partial charge is 0.258 e. The van der Waals surface area contributed by atoms with Crippen LogP contribution < -0.4 is 0 Å². The van der Waals surface area contributed by atoms with Gasteiger partial charge in [0.1, 0.15) is 10.8 Å². The average molecular weight is 350 g/mol. The fourth-order valence-electron chi connectivity index (χ4n) is 3.13. The Hall–Kier alpha value is -2.26. The van der Waals surface area contributed by atoms with Crippen molar-refractivity contribution in [2.75, 3.05) is 13.1 Å². The van der Waals surface area contributed by atoms with E-state index in [0.29, 0.717) is 29.6 Å². The van der Waals surface area contributed by atoms with E-state index in [9.17, 15) is 12.8 Å². The molecule has 0 unspecified atom stereocenters. The van der Waals surface area contributed by atoms with Gasteiger partial charge in [-0.15, -0.1) is 10.2 Å². The minimum Gasteiger partial charge on any atom is -0.423 e. The number of hydrogen-bond acceptors (Lipinski definition) is 5. The zero-order valence-electron chi connectivity index (χ0n) is 12.9. The molecule has 1 aromatic carbocycles. The number of benzene rings is 1.